The third-order valence-corrected chi connectivity index (χ3v) is 3.62. The van der Waals surface area contributed by atoms with E-state index in [2.05, 4.69) is 10.3 Å². The molecule has 0 radical (unpaired) electrons. The molecule has 0 spiro atoms. The first-order chi connectivity index (χ1) is 9.40. The number of ether oxygens (including phenoxy) is 2. The fourth-order valence-electron chi connectivity index (χ4n) is 2.29. The van der Waals surface area contributed by atoms with Gasteiger partial charge in [-0.25, -0.2) is 4.98 Å². The molecule has 1 aliphatic heterocycles. The molecular formula is C15H22N2O2. The highest BCUT2D eigenvalue weighted by atomic mass is 16.5. The zero-order chi connectivity index (χ0) is 12.9. The molecule has 19 heavy (non-hydrogen) atoms. The Morgan fingerprint density at radius 1 is 1.26 bits per heavy atom. The van der Waals surface area contributed by atoms with Gasteiger partial charge in [-0.1, -0.05) is 6.07 Å². The van der Waals surface area contributed by atoms with Crippen LogP contribution in [-0.2, 0) is 11.3 Å². The fraction of sp³-hybridized carbons (Fsp3) is 0.667. The van der Waals surface area contributed by atoms with Crippen LogP contribution >= 0.6 is 0 Å². The van der Waals surface area contributed by atoms with E-state index in [9.17, 15) is 0 Å². The third kappa shape index (κ3) is 4.18. The van der Waals surface area contributed by atoms with Crippen molar-refractivity contribution in [1.82, 2.24) is 10.3 Å². The maximum absolute atomic E-state index is 5.74. The average Bonchev–Trinajstić information content (AvgIpc) is 3.29. The van der Waals surface area contributed by atoms with Crippen LogP contribution in [0.1, 0.15) is 37.8 Å². The largest absolute Gasteiger partial charge is 0.475 e. The Morgan fingerprint density at radius 2 is 2.21 bits per heavy atom. The van der Waals surface area contributed by atoms with Gasteiger partial charge in [-0.05, 0) is 38.2 Å². The number of hydrogen-bond acceptors (Lipinski definition) is 4. The summed E-state index contributed by atoms with van der Waals surface area (Å²) in [6.07, 6.45) is 6.36. The number of aromatic nitrogens is 1. The molecule has 3 rings (SSSR count). The molecule has 0 aromatic carbocycles. The van der Waals surface area contributed by atoms with Crippen molar-refractivity contribution in [2.24, 2.45) is 0 Å². The highest BCUT2D eigenvalue weighted by Gasteiger charge is 2.20. The molecule has 104 valence electrons. The molecule has 4 nitrogen and oxygen atoms in total. The molecule has 1 aromatic rings. The maximum atomic E-state index is 5.74. The van der Waals surface area contributed by atoms with E-state index >= 15 is 0 Å². The van der Waals surface area contributed by atoms with Crippen molar-refractivity contribution >= 4 is 0 Å². The molecule has 1 saturated heterocycles. The SMILES string of the molecule is c1cc(CNC2CC2)nc(OCC2CCCCO2)c1. The second kappa shape index (κ2) is 6.35. The monoisotopic (exact) mass is 262 g/mol. The second-order valence-corrected chi connectivity index (χ2v) is 5.42. The van der Waals surface area contributed by atoms with E-state index in [-0.39, 0.29) is 6.10 Å². The summed E-state index contributed by atoms with van der Waals surface area (Å²) in [5.41, 5.74) is 1.05. The normalized spacial score (nSPS) is 23.3. The highest BCUT2D eigenvalue weighted by Crippen LogP contribution is 2.19. The summed E-state index contributed by atoms with van der Waals surface area (Å²) >= 11 is 0. The van der Waals surface area contributed by atoms with Gasteiger partial charge in [0.1, 0.15) is 6.61 Å². The lowest BCUT2D eigenvalue weighted by molar-refractivity contribution is -0.0119. The number of hydrogen-bond donors (Lipinski definition) is 1. The van der Waals surface area contributed by atoms with Gasteiger partial charge in [0.05, 0.1) is 11.8 Å². The molecule has 2 heterocycles. The van der Waals surface area contributed by atoms with Crippen molar-refractivity contribution in [3.63, 3.8) is 0 Å². The first kappa shape index (κ1) is 12.9. The molecular weight excluding hydrogens is 240 g/mol. The highest BCUT2D eigenvalue weighted by molar-refractivity contribution is 5.16. The standard InChI is InChI=1S/C15H22N2O2/c1-2-9-18-14(5-1)11-19-15-6-3-4-13(17-15)10-16-12-7-8-12/h3-4,6,12,14,16H,1-2,5,7-11H2. The lowest BCUT2D eigenvalue weighted by Crippen LogP contribution is -2.26. The van der Waals surface area contributed by atoms with Gasteiger partial charge in [0, 0.05) is 25.3 Å². The minimum absolute atomic E-state index is 0.240. The van der Waals surface area contributed by atoms with Crippen LogP contribution in [0.3, 0.4) is 0 Å². The predicted octanol–water partition coefficient (Wildman–Crippen LogP) is 2.28. The predicted molar refractivity (Wildman–Crippen MR) is 73.2 cm³/mol. The van der Waals surface area contributed by atoms with Crippen LogP contribution in [-0.4, -0.2) is 30.3 Å². The molecule has 2 fully saturated rings. The van der Waals surface area contributed by atoms with Crippen molar-refractivity contribution in [1.29, 1.82) is 0 Å². The smallest absolute Gasteiger partial charge is 0.213 e. The van der Waals surface area contributed by atoms with Gasteiger partial charge in [-0.15, -0.1) is 0 Å². The van der Waals surface area contributed by atoms with Gasteiger partial charge in [-0.2, -0.15) is 0 Å². The fourth-order valence-corrected chi connectivity index (χ4v) is 2.29. The lowest BCUT2D eigenvalue weighted by Gasteiger charge is -2.22. The molecule has 1 aromatic heterocycles. The molecule has 1 saturated carbocycles. The quantitative estimate of drug-likeness (QED) is 0.854. The molecule has 2 aliphatic rings. The minimum atomic E-state index is 0.240. The van der Waals surface area contributed by atoms with E-state index in [1.165, 1.54) is 25.7 Å². The molecule has 1 N–H and O–H groups in total. The Labute approximate surface area is 114 Å². The zero-order valence-corrected chi connectivity index (χ0v) is 11.3. The molecule has 0 amide bonds. The van der Waals surface area contributed by atoms with Crippen molar-refractivity contribution in [2.75, 3.05) is 13.2 Å². The summed E-state index contributed by atoms with van der Waals surface area (Å²) in [7, 11) is 0. The van der Waals surface area contributed by atoms with Crippen LogP contribution < -0.4 is 10.1 Å². The Morgan fingerprint density at radius 3 is 3.00 bits per heavy atom. The Bertz CT molecular complexity index is 401. The van der Waals surface area contributed by atoms with Gasteiger partial charge in [0.15, 0.2) is 0 Å². The van der Waals surface area contributed by atoms with E-state index in [1.807, 2.05) is 18.2 Å². The minimum Gasteiger partial charge on any atom is -0.475 e. The van der Waals surface area contributed by atoms with Crippen molar-refractivity contribution in [3.8, 4) is 5.88 Å². The summed E-state index contributed by atoms with van der Waals surface area (Å²) in [5, 5.41) is 3.46. The van der Waals surface area contributed by atoms with Crippen molar-refractivity contribution in [3.05, 3.63) is 23.9 Å². The molecule has 1 unspecified atom stereocenters. The first-order valence-corrected chi connectivity index (χ1v) is 7.34. The summed E-state index contributed by atoms with van der Waals surface area (Å²) in [4.78, 5) is 4.52. The summed E-state index contributed by atoms with van der Waals surface area (Å²) in [5.74, 6) is 0.712. The van der Waals surface area contributed by atoms with Crippen LogP contribution in [0, 0.1) is 0 Å². The number of nitrogens with zero attached hydrogens (tertiary/aromatic N) is 1. The number of nitrogens with one attached hydrogen (secondary N) is 1. The number of pyridine rings is 1. The Balaban J connectivity index is 1.47. The Hall–Kier alpha value is -1.13. The van der Waals surface area contributed by atoms with Gasteiger partial charge in [0.25, 0.3) is 0 Å². The molecule has 0 bridgehead atoms. The van der Waals surface area contributed by atoms with Crippen LogP contribution in [0.2, 0.25) is 0 Å². The van der Waals surface area contributed by atoms with Crippen LogP contribution in [0.25, 0.3) is 0 Å². The van der Waals surface area contributed by atoms with E-state index < -0.39 is 0 Å². The summed E-state index contributed by atoms with van der Waals surface area (Å²) in [6, 6.07) is 6.68. The summed E-state index contributed by atoms with van der Waals surface area (Å²) in [6.45, 7) is 2.32. The second-order valence-electron chi connectivity index (χ2n) is 5.42. The van der Waals surface area contributed by atoms with E-state index in [0.717, 1.165) is 25.3 Å². The molecule has 1 atom stereocenters. The van der Waals surface area contributed by atoms with Gasteiger partial charge >= 0.3 is 0 Å². The summed E-state index contributed by atoms with van der Waals surface area (Å²) < 4.78 is 11.4. The number of rotatable bonds is 6. The topological polar surface area (TPSA) is 43.4 Å². The van der Waals surface area contributed by atoms with E-state index in [0.29, 0.717) is 18.5 Å². The lowest BCUT2D eigenvalue weighted by atomic mass is 10.1. The van der Waals surface area contributed by atoms with Crippen molar-refractivity contribution < 1.29 is 9.47 Å². The third-order valence-electron chi connectivity index (χ3n) is 3.62. The molecule has 1 aliphatic carbocycles. The Kier molecular flexibility index (Phi) is 4.30. The van der Waals surface area contributed by atoms with Crippen LogP contribution in [0.15, 0.2) is 18.2 Å². The molecule has 4 heteroatoms. The van der Waals surface area contributed by atoms with Gasteiger partial charge in [0.2, 0.25) is 5.88 Å². The first-order valence-electron chi connectivity index (χ1n) is 7.34. The van der Waals surface area contributed by atoms with Gasteiger partial charge < -0.3 is 14.8 Å². The zero-order valence-electron chi connectivity index (χ0n) is 11.3. The van der Waals surface area contributed by atoms with Gasteiger partial charge in [-0.3, -0.25) is 0 Å². The average molecular weight is 262 g/mol. The maximum Gasteiger partial charge on any atom is 0.213 e. The van der Waals surface area contributed by atoms with E-state index in [1.54, 1.807) is 0 Å². The van der Waals surface area contributed by atoms with Crippen molar-refractivity contribution in [2.45, 2.75) is 50.8 Å². The van der Waals surface area contributed by atoms with Crippen LogP contribution in [0.5, 0.6) is 5.88 Å². The van der Waals surface area contributed by atoms with Crippen LogP contribution in [0.4, 0.5) is 0 Å². The van der Waals surface area contributed by atoms with E-state index in [4.69, 9.17) is 9.47 Å².